The van der Waals surface area contributed by atoms with Gasteiger partial charge in [-0.1, -0.05) is 18.2 Å². The van der Waals surface area contributed by atoms with E-state index >= 15 is 0 Å². The highest BCUT2D eigenvalue weighted by atomic mass is 19.1. The van der Waals surface area contributed by atoms with E-state index < -0.39 is 23.9 Å². The Kier molecular flexibility index (Phi) is 7.51. The summed E-state index contributed by atoms with van der Waals surface area (Å²) >= 11 is 0. The number of nitrogens with zero attached hydrogens (tertiary/aromatic N) is 1. The second kappa shape index (κ2) is 10.3. The van der Waals surface area contributed by atoms with Crippen molar-refractivity contribution in [1.29, 1.82) is 0 Å². The molecule has 1 aliphatic heterocycles. The molecule has 8 heteroatoms. The Labute approximate surface area is 174 Å². The quantitative estimate of drug-likeness (QED) is 0.645. The summed E-state index contributed by atoms with van der Waals surface area (Å²) in [6, 6.07) is 11.5. The van der Waals surface area contributed by atoms with Crippen molar-refractivity contribution in [3.05, 3.63) is 65.5 Å². The van der Waals surface area contributed by atoms with Crippen LogP contribution in [-0.4, -0.2) is 60.8 Å². The fraction of sp³-hybridized carbons (Fsp3) is 0.364. The lowest BCUT2D eigenvalue weighted by atomic mass is 10.00. The number of aliphatic hydroxyl groups excluding tert-OH is 1. The Morgan fingerprint density at radius 2 is 2.10 bits per heavy atom. The van der Waals surface area contributed by atoms with Gasteiger partial charge in [-0.05, 0) is 42.8 Å². The third-order valence-electron chi connectivity index (χ3n) is 4.88. The second-order valence-electron chi connectivity index (χ2n) is 6.90. The molecule has 2 aromatic rings. The summed E-state index contributed by atoms with van der Waals surface area (Å²) in [6.45, 7) is 3.39. The van der Waals surface area contributed by atoms with Crippen LogP contribution in [0.3, 0.4) is 0 Å². The number of aliphatic hydroxyl groups is 1. The Morgan fingerprint density at radius 1 is 1.33 bits per heavy atom. The van der Waals surface area contributed by atoms with Crippen molar-refractivity contribution in [2.45, 2.75) is 19.1 Å². The first-order valence-corrected chi connectivity index (χ1v) is 9.79. The summed E-state index contributed by atoms with van der Waals surface area (Å²) in [6.07, 6.45) is -0.955. The minimum Gasteiger partial charge on any atom is -0.386 e. The van der Waals surface area contributed by atoms with Crippen LogP contribution in [0.25, 0.3) is 0 Å². The number of halogens is 1. The number of hydrogen-bond donors (Lipinski definition) is 2. The molecule has 0 aromatic heterocycles. The predicted molar refractivity (Wildman–Crippen MR) is 109 cm³/mol. The van der Waals surface area contributed by atoms with Crippen LogP contribution < -0.4 is 5.32 Å². The third kappa shape index (κ3) is 5.41. The van der Waals surface area contributed by atoms with Gasteiger partial charge in [-0.15, -0.1) is 0 Å². The predicted octanol–water partition coefficient (Wildman–Crippen LogP) is 2.38. The molecule has 1 heterocycles. The first kappa shape index (κ1) is 21.9. The Morgan fingerprint density at radius 3 is 2.80 bits per heavy atom. The van der Waals surface area contributed by atoms with Gasteiger partial charge in [0.2, 0.25) is 5.91 Å². The molecule has 1 fully saturated rings. The van der Waals surface area contributed by atoms with Crippen molar-refractivity contribution < 1.29 is 28.6 Å². The number of carbonyl (C=O) groups excluding carboxylic acids is 2. The number of hydrogen-bond acceptors (Lipinski definition) is 5. The molecule has 2 N–H and O–H groups in total. The lowest BCUT2D eigenvalue weighted by Gasteiger charge is -2.38. The summed E-state index contributed by atoms with van der Waals surface area (Å²) in [5.74, 6) is -1.11. The highest BCUT2D eigenvalue weighted by Crippen LogP contribution is 2.25. The van der Waals surface area contributed by atoms with E-state index in [4.69, 9.17) is 9.47 Å². The van der Waals surface area contributed by atoms with Crippen LogP contribution in [0.2, 0.25) is 0 Å². The maximum atomic E-state index is 13.3. The summed E-state index contributed by atoms with van der Waals surface area (Å²) in [5, 5.41) is 13.5. The van der Waals surface area contributed by atoms with Crippen molar-refractivity contribution in [2.75, 3.05) is 38.3 Å². The zero-order chi connectivity index (χ0) is 21.5. The van der Waals surface area contributed by atoms with Gasteiger partial charge in [0.05, 0.1) is 19.3 Å². The number of rotatable bonds is 8. The molecule has 7 nitrogen and oxygen atoms in total. The Hall–Kier alpha value is -2.81. The molecule has 0 radical (unpaired) electrons. The van der Waals surface area contributed by atoms with Gasteiger partial charge in [0.1, 0.15) is 18.5 Å². The van der Waals surface area contributed by atoms with Gasteiger partial charge >= 0.3 is 0 Å². The van der Waals surface area contributed by atoms with Crippen LogP contribution in [-0.2, 0) is 14.3 Å². The van der Waals surface area contributed by atoms with E-state index in [1.54, 1.807) is 29.2 Å². The van der Waals surface area contributed by atoms with Crippen LogP contribution in [0.5, 0.6) is 0 Å². The number of anilines is 1. The van der Waals surface area contributed by atoms with Crippen LogP contribution >= 0.6 is 0 Å². The zero-order valence-corrected chi connectivity index (χ0v) is 16.7. The molecule has 0 spiro atoms. The van der Waals surface area contributed by atoms with Crippen LogP contribution in [0.1, 0.15) is 28.9 Å². The van der Waals surface area contributed by atoms with Gasteiger partial charge in [-0.2, -0.15) is 0 Å². The number of amides is 2. The number of morpholine rings is 1. The van der Waals surface area contributed by atoms with Gasteiger partial charge in [0.25, 0.3) is 5.91 Å². The van der Waals surface area contributed by atoms with E-state index in [-0.39, 0.29) is 24.7 Å². The second-order valence-corrected chi connectivity index (χ2v) is 6.90. The van der Waals surface area contributed by atoms with Crippen LogP contribution in [0.4, 0.5) is 10.1 Å². The zero-order valence-electron chi connectivity index (χ0n) is 16.7. The standard InChI is InChI=1S/C22H25FN2O5/c1-2-29-11-10-25-19(13-30-14-20(25)26)21(27)15-6-8-18(9-7-15)24-22(28)16-4-3-5-17(23)12-16/h3-9,12,19,21,27H,2,10-11,13-14H2,1H3,(H,24,28). The van der Waals surface area contributed by atoms with Gasteiger partial charge in [-0.3, -0.25) is 9.59 Å². The molecule has 2 aromatic carbocycles. The van der Waals surface area contributed by atoms with Gasteiger partial charge in [0.15, 0.2) is 0 Å². The first-order chi connectivity index (χ1) is 14.5. The van der Waals surface area contributed by atoms with Crippen molar-refractivity contribution in [1.82, 2.24) is 4.90 Å². The van der Waals surface area contributed by atoms with Gasteiger partial charge in [-0.25, -0.2) is 4.39 Å². The molecule has 2 unspecified atom stereocenters. The van der Waals surface area contributed by atoms with Crippen LogP contribution in [0.15, 0.2) is 48.5 Å². The van der Waals surface area contributed by atoms with E-state index in [2.05, 4.69) is 5.32 Å². The summed E-state index contributed by atoms with van der Waals surface area (Å²) in [5.41, 5.74) is 1.30. The molecule has 1 aliphatic rings. The van der Waals surface area contributed by atoms with E-state index in [1.807, 2.05) is 6.92 Å². The molecule has 160 valence electrons. The third-order valence-corrected chi connectivity index (χ3v) is 4.88. The molecule has 1 saturated heterocycles. The molecule has 2 atom stereocenters. The molecular formula is C22H25FN2O5. The van der Waals surface area contributed by atoms with Crippen molar-refractivity contribution >= 4 is 17.5 Å². The number of carbonyl (C=O) groups is 2. The van der Waals surface area contributed by atoms with Gasteiger partial charge < -0.3 is 24.8 Å². The van der Waals surface area contributed by atoms with E-state index in [9.17, 15) is 19.1 Å². The van der Waals surface area contributed by atoms with Gasteiger partial charge in [0, 0.05) is 24.4 Å². The summed E-state index contributed by atoms with van der Waals surface area (Å²) < 4.78 is 24.0. The monoisotopic (exact) mass is 416 g/mol. The molecule has 3 rings (SSSR count). The van der Waals surface area contributed by atoms with Crippen molar-refractivity contribution in [2.24, 2.45) is 0 Å². The van der Waals surface area contributed by atoms with Crippen molar-refractivity contribution in [3.8, 4) is 0 Å². The molecule has 2 amide bonds. The molecule has 30 heavy (non-hydrogen) atoms. The fourth-order valence-electron chi connectivity index (χ4n) is 3.30. The minimum atomic E-state index is -0.955. The van der Waals surface area contributed by atoms with Crippen LogP contribution in [0, 0.1) is 5.82 Å². The highest BCUT2D eigenvalue weighted by Gasteiger charge is 2.34. The largest absolute Gasteiger partial charge is 0.386 e. The normalized spacial score (nSPS) is 17.6. The lowest BCUT2D eigenvalue weighted by Crippen LogP contribution is -2.53. The lowest BCUT2D eigenvalue weighted by molar-refractivity contribution is -0.155. The number of benzene rings is 2. The maximum absolute atomic E-state index is 13.3. The van der Waals surface area contributed by atoms with Crippen molar-refractivity contribution in [3.63, 3.8) is 0 Å². The molecule has 0 aliphatic carbocycles. The number of nitrogens with one attached hydrogen (secondary N) is 1. The Balaban J connectivity index is 1.66. The highest BCUT2D eigenvalue weighted by molar-refractivity contribution is 6.04. The smallest absolute Gasteiger partial charge is 0.255 e. The average Bonchev–Trinajstić information content (AvgIpc) is 2.75. The first-order valence-electron chi connectivity index (χ1n) is 9.79. The molecule has 0 saturated carbocycles. The topological polar surface area (TPSA) is 88.1 Å². The number of ether oxygens (including phenoxy) is 2. The average molecular weight is 416 g/mol. The van der Waals surface area contributed by atoms with E-state index in [0.29, 0.717) is 31.0 Å². The van der Waals surface area contributed by atoms with E-state index in [0.717, 1.165) is 6.07 Å². The van der Waals surface area contributed by atoms with E-state index in [1.165, 1.54) is 18.2 Å². The molecule has 0 bridgehead atoms. The summed E-state index contributed by atoms with van der Waals surface area (Å²) in [4.78, 5) is 26.1. The summed E-state index contributed by atoms with van der Waals surface area (Å²) in [7, 11) is 0. The SMILES string of the molecule is CCOCCN1C(=O)COCC1C(O)c1ccc(NC(=O)c2cccc(F)c2)cc1. The molecular weight excluding hydrogens is 391 g/mol. The fourth-order valence-corrected chi connectivity index (χ4v) is 3.30. The maximum Gasteiger partial charge on any atom is 0.255 e. The Bertz CT molecular complexity index is 874. The minimum absolute atomic E-state index is 0.0135.